The molecule has 2 fully saturated rings. The summed E-state index contributed by atoms with van der Waals surface area (Å²) in [6.45, 7) is 0.715. The fraction of sp³-hybridized carbons (Fsp3) is 0.727. The van der Waals surface area contributed by atoms with Crippen molar-refractivity contribution in [2.75, 3.05) is 20.1 Å². The van der Waals surface area contributed by atoms with Crippen molar-refractivity contribution in [1.82, 2.24) is 9.80 Å². The van der Waals surface area contributed by atoms with E-state index in [9.17, 15) is 19.5 Å². The van der Waals surface area contributed by atoms with Crippen molar-refractivity contribution in [2.45, 2.75) is 31.2 Å². The number of nitrogens with zero attached hydrogens (tertiary/aromatic N) is 2. The van der Waals surface area contributed by atoms with E-state index in [2.05, 4.69) is 0 Å². The molecule has 1 aliphatic carbocycles. The lowest BCUT2D eigenvalue weighted by Gasteiger charge is -2.41. The van der Waals surface area contributed by atoms with Gasteiger partial charge in [0, 0.05) is 20.1 Å². The standard InChI is InChI=1S/C11H16N2O4/c1-12-6-7-13(9(15)8(12)14)11(10(16)17)4-2-3-5-11/h2-7H2,1H3,(H,16,17). The lowest BCUT2D eigenvalue weighted by Crippen LogP contribution is -2.63. The molecule has 1 saturated heterocycles. The van der Waals surface area contributed by atoms with Crippen molar-refractivity contribution < 1.29 is 19.5 Å². The van der Waals surface area contributed by atoms with Crippen LogP contribution in [0.2, 0.25) is 0 Å². The third kappa shape index (κ3) is 1.67. The average Bonchev–Trinajstić information content (AvgIpc) is 2.76. The van der Waals surface area contributed by atoms with E-state index in [0.717, 1.165) is 12.8 Å². The van der Waals surface area contributed by atoms with Crippen LogP contribution in [0, 0.1) is 0 Å². The van der Waals surface area contributed by atoms with Gasteiger partial charge in [0.25, 0.3) is 0 Å². The Kier molecular flexibility index (Phi) is 2.81. The van der Waals surface area contributed by atoms with Crippen molar-refractivity contribution in [3.8, 4) is 0 Å². The second-order valence-corrected chi connectivity index (χ2v) is 4.73. The van der Waals surface area contributed by atoms with E-state index >= 15 is 0 Å². The number of carbonyl (C=O) groups is 3. The van der Waals surface area contributed by atoms with Gasteiger partial charge in [-0.1, -0.05) is 12.8 Å². The smallest absolute Gasteiger partial charge is 0.329 e. The van der Waals surface area contributed by atoms with Crippen molar-refractivity contribution in [3.63, 3.8) is 0 Å². The predicted octanol–water partition coefficient (Wildman–Crippen LogP) is -0.316. The highest BCUT2D eigenvalue weighted by Crippen LogP contribution is 2.36. The molecule has 0 aromatic heterocycles. The summed E-state index contributed by atoms with van der Waals surface area (Å²) < 4.78 is 0. The largest absolute Gasteiger partial charge is 0.479 e. The Morgan fingerprint density at radius 2 is 1.76 bits per heavy atom. The molecule has 0 radical (unpaired) electrons. The Bertz CT molecular complexity index is 374. The molecule has 0 aromatic rings. The van der Waals surface area contributed by atoms with E-state index in [4.69, 9.17) is 0 Å². The number of amides is 2. The molecule has 6 heteroatoms. The predicted molar refractivity (Wildman–Crippen MR) is 58.2 cm³/mol. The quantitative estimate of drug-likeness (QED) is 0.671. The van der Waals surface area contributed by atoms with E-state index in [1.165, 1.54) is 9.80 Å². The van der Waals surface area contributed by atoms with Gasteiger partial charge in [-0.3, -0.25) is 9.59 Å². The minimum absolute atomic E-state index is 0.313. The molecule has 0 aromatic carbocycles. The van der Waals surface area contributed by atoms with E-state index in [0.29, 0.717) is 25.9 Å². The number of aliphatic carboxylic acids is 1. The molecule has 94 valence electrons. The lowest BCUT2D eigenvalue weighted by molar-refractivity contribution is -0.168. The van der Waals surface area contributed by atoms with Gasteiger partial charge in [0.15, 0.2) is 0 Å². The fourth-order valence-corrected chi connectivity index (χ4v) is 2.70. The van der Waals surface area contributed by atoms with Gasteiger partial charge in [-0.25, -0.2) is 4.79 Å². The van der Waals surface area contributed by atoms with Crippen molar-refractivity contribution in [1.29, 1.82) is 0 Å². The summed E-state index contributed by atoms with van der Waals surface area (Å²) >= 11 is 0. The van der Waals surface area contributed by atoms with Gasteiger partial charge in [0.1, 0.15) is 5.54 Å². The Morgan fingerprint density at radius 1 is 1.18 bits per heavy atom. The highest BCUT2D eigenvalue weighted by molar-refractivity contribution is 6.35. The van der Waals surface area contributed by atoms with Gasteiger partial charge < -0.3 is 14.9 Å². The number of hydrogen-bond donors (Lipinski definition) is 1. The van der Waals surface area contributed by atoms with Gasteiger partial charge >= 0.3 is 17.8 Å². The summed E-state index contributed by atoms with van der Waals surface area (Å²) in [6, 6.07) is 0. The number of carboxylic acids is 1. The number of piperazine rings is 1. The fourth-order valence-electron chi connectivity index (χ4n) is 2.70. The van der Waals surface area contributed by atoms with E-state index in [-0.39, 0.29) is 0 Å². The molecular formula is C11H16N2O4. The number of carbonyl (C=O) groups excluding carboxylic acids is 2. The van der Waals surface area contributed by atoms with E-state index in [1.54, 1.807) is 7.05 Å². The molecular weight excluding hydrogens is 224 g/mol. The molecule has 1 aliphatic heterocycles. The van der Waals surface area contributed by atoms with Crippen molar-refractivity contribution >= 4 is 17.8 Å². The number of hydrogen-bond acceptors (Lipinski definition) is 3. The molecule has 2 aliphatic rings. The minimum Gasteiger partial charge on any atom is -0.479 e. The highest BCUT2D eigenvalue weighted by atomic mass is 16.4. The normalized spacial score (nSPS) is 24.3. The molecule has 2 rings (SSSR count). The summed E-state index contributed by atoms with van der Waals surface area (Å²) in [5, 5.41) is 9.37. The third-order valence-corrected chi connectivity index (χ3v) is 3.78. The van der Waals surface area contributed by atoms with Crippen LogP contribution in [-0.4, -0.2) is 58.4 Å². The van der Waals surface area contributed by atoms with Crippen LogP contribution in [0.1, 0.15) is 25.7 Å². The van der Waals surface area contributed by atoms with Crippen LogP contribution < -0.4 is 0 Å². The first kappa shape index (κ1) is 11.9. The topological polar surface area (TPSA) is 77.9 Å². The Balaban J connectivity index is 2.29. The van der Waals surface area contributed by atoms with Crippen LogP contribution in [0.5, 0.6) is 0 Å². The number of likely N-dealkylation sites (N-methyl/N-ethyl adjacent to an activating group) is 1. The lowest BCUT2D eigenvalue weighted by atomic mass is 9.94. The van der Waals surface area contributed by atoms with Crippen LogP contribution in [0.15, 0.2) is 0 Å². The molecule has 0 bridgehead atoms. The first-order chi connectivity index (χ1) is 7.99. The monoisotopic (exact) mass is 240 g/mol. The molecule has 0 atom stereocenters. The van der Waals surface area contributed by atoms with Crippen molar-refractivity contribution in [2.24, 2.45) is 0 Å². The van der Waals surface area contributed by atoms with Gasteiger partial charge in [-0.15, -0.1) is 0 Å². The van der Waals surface area contributed by atoms with Gasteiger partial charge in [-0.2, -0.15) is 0 Å². The van der Waals surface area contributed by atoms with Crippen LogP contribution in [0.4, 0.5) is 0 Å². The summed E-state index contributed by atoms with van der Waals surface area (Å²) in [4.78, 5) is 37.5. The van der Waals surface area contributed by atoms with Crippen LogP contribution >= 0.6 is 0 Å². The second-order valence-electron chi connectivity index (χ2n) is 4.73. The van der Waals surface area contributed by atoms with E-state index in [1.807, 2.05) is 0 Å². The van der Waals surface area contributed by atoms with Gasteiger partial charge in [0.2, 0.25) is 0 Å². The zero-order valence-corrected chi connectivity index (χ0v) is 9.81. The maximum absolute atomic E-state index is 11.9. The van der Waals surface area contributed by atoms with Crippen molar-refractivity contribution in [3.05, 3.63) is 0 Å². The molecule has 0 spiro atoms. The second kappa shape index (κ2) is 4.01. The first-order valence-electron chi connectivity index (χ1n) is 5.79. The zero-order chi connectivity index (χ0) is 12.6. The van der Waals surface area contributed by atoms with Gasteiger partial charge in [-0.05, 0) is 12.8 Å². The summed E-state index contributed by atoms with van der Waals surface area (Å²) in [5.41, 5.74) is -1.14. The van der Waals surface area contributed by atoms with E-state index < -0.39 is 23.3 Å². The van der Waals surface area contributed by atoms with Gasteiger partial charge in [0.05, 0.1) is 0 Å². The maximum Gasteiger partial charge on any atom is 0.329 e. The first-order valence-corrected chi connectivity index (χ1v) is 5.79. The number of rotatable bonds is 2. The molecule has 1 heterocycles. The SMILES string of the molecule is CN1CCN(C2(C(=O)O)CCCC2)C(=O)C1=O. The molecule has 17 heavy (non-hydrogen) atoms. The molecule has 1 saturated carbocycles. The van der Waals surface area contributed by atoms with Crippen LogP contribution in [-0.2, 0) is 14.4 Å². The average molecular weight is 240 g/mol. The third-order valence-electron chi connectivity index (χ3n) is 3.78. The maximum atomic E-state index is 11.9. The number of carboxylic acid groups (broad SMARTS) is 1. The Morgan fingerprint density at radius 3 is 2.29 bits per heavy atom. The minimum atomic E-state index is -1.14. The molecule has 6 nitrogen and oxygen atoms in total. The Labute approximate surface area is 99.2 Å². The molecule has 2 amide bonds. The van der Waals surface area contributed by atoms with Crippen LogP contribution in [0.3, 0.4) is 0 Å². The molecule has 0 unspecified atom stereocenters. The summed E-state index contributed by atoms with van der Waals surface area (Å²) in [7, 11) is 1.56. The summed E-state index contributed by atoms with van der Waals surface area (Å²) in [5.74, 6) is -2.27. The zero-order valence-electron chi connectivity index (χ0n) is 9.81. The Hall–Kier alpha value is -1.59. The summed E-state index contributed by atoms with van der Waals surface area (Å²) in [6.07, 6.45) is 2.48. The van der Waals surface area contributed by atoms with Crippen LogP contribution in [0.25, 0.3) is 0 Å². The molecule has 1 N–H and O–H groups in total. The highest BCUT2D eigenvalue weighted by Gasteiger charge is 2.51.